The van der Waals surface area contributed by atoms with Crippen LogP contribution in [0.5, 0.6) is 0 Å². The first-order valence-corrected chi connectivity index (χ1v) is 2.99. The van der Waals surface area contributed by atoms with Crippen molar-refractivity contribution in [3.8, 4) is 0 Å². The SMILES string of the molecule is [Mg].[Zn].c1ccc2[nH]ccc2c1. The van der Waals surface area contributed by atoms with Crippen LogP contribution in [0.25, 0.3) is 10.9 Å². The zero-order chi connectivity index (χ0) is 6.10. The van der Waals surface area contributed by atoms with Crippen molar-refractivity contribution in [1.82, 2.24) is 4.98 Å². The molecule has 11 heavy (non-hydrogen) atoms. The van der Waals surface area contributed by atoms with Crippen LogP contribution in [0.1, 0.15) is 0 Å². The molecular formula is C8H7MgNZn. The summed E-state index contributed by atoms with van der Waals surface area (Å²) in [6.07, 6.45) is 1.95. The molecule has 1 heterocycles. The summed E-state index contributed by atoms with van der Waals surface area (Å²) in [5.41, 5.74) is 1.21. The van der Waals surface area contributed by atoms with Gasteiger partial charge < -0.3 is 4.98 Å². The average molecular weight is 207 g/mol. The van der Waals surface area contributed by atoms with Gasteiger partial charge in [-0.25, -0.2) is 0 Å². The van der Waals surface area contributed by atoms with E-state index >= 15 is 0 Å². The van der Waals surface area contributed by atoms with Gasteiger partial charge in [0, 0.05) is 54.2 Å². The first kappa shape index (κ1) is 11.1. The van der Waals surface area contributed by atoms with Gasteiger partial charge in [-0.05, 0) is 17.5 Å². The largest absolute Gasteiger partial charge is 0.361 e. The van der Waals surface area contributed by atoms with Crippen LogP contribution in [0, 0.1) is 0 Å². The summed E-state index contributed by atoms with van der Waals surface area (Å²) in [6, 6.07) is 10.3. The fourth-order valence-corrected chi connectivity index (χ4v) is 0.995. The first-order valence-electron chi connectivity index (χ1n) is 2.99. The number of hydrogen-bond donors (Lipinski definition) is 1. The summed E-state index contributed by atoms with van der Waals surface area (Å²) >= 11 is 0. The molecule has 0 saturated carbocycles. The zero-order valence-electron chi connectivity index (χ0n) is 6.38. The van der Waals surface area contributed by atoms with E-state index in [0.717, 1.165) is 0 Å². The van der Waals surface area contributed by atoms with Gasteiger partial charge in [0.25, 0.3) is 0 Å². The molecule has 1 aromatic carbocycles. The Balaban J connectivity index is 0.000000500. The van der Waals surface area contributed by atoms with Gasteiger partial charge in [-0.3, -0.25) is 0 Å². The smallest absolute Gasteiger partial charge is 0.0453 e. The minimum Gasteiger partial charge on any atom is -0.361 e. The van der Waals surface area contributed by atoms with Gasteiger partial charge in [0.15, 0.2) is 0 Å². The third kappa shape index (κ3) is 2.29. The van der Waals surface area contributed by atoms with E-state index in [1.165, 1.54) is 10.9 Å². The topological polar surface area (TPSA) is 15.8 Å². The molecule has 0 spiro atoms. The molecule has 0 aliphatic heterocycles. The van der Waals surface area contributed by atoms with Gasteiger partial charge in [-0.2, -0.15) is 0 Å². The van der Waals surface area contributed by atoms with Gasteiger partial charge in [-0.1, -0.05) is 18.2 Å². The Bertz CT molecular complexity index is 288. The molecule has 0 bridgehead atoms. The minimum absolute atomic E-state index is 0. The fraction of sp³-hybridized carbons (Fsp3) is 0. The third-order valence-electron chi connectivity index (χ3n) is 1.46. The summed E-state index contributed by atoms with van der Waals surface area (Å²) in [4.78, 5) is 3.12. The number of H-pyrrole nitrogens is 1. The fourth-order valence-electron chi connectivity index (χ4n) is 0.995. The molecule has 1 nitrogen and oxygen atoms in total. The first-order chi connectivity index (χ1) is 4.47. The molecule has 0 aliphatic rings. The third-order valence-corrected chi connectivity index (χ3v) is 1.46. The van der Waals surface area contributed by atoms with Crippen molar-refractivity contribution in [3.05, 3.63) is 36.5 Å². The Labute approximate surface area is 94.5 Å². The summed E-state index contributed by atoms with van der Waals surface area (Å²) in [7, 11) is 0. The van der Waals surface area contributed by atoms with Crippen LogP contribution in [0.2, 0.25) is 0 Å². The van der Waals surface area contributed by atoms with Crippen LogP contribution in [0.4, 0.5) is 0 Å². The van der Waals surface area contributed by atoms with Gasteiger partial charge in [0.05, 0.1) is 0 Å². The van der Waals surface area contributed by atoms with Gasteiger partial charge in [0.2, 0.25) is 0 Å². The molecule has 2 radical (unpaired) electrons. The van der Waals surface area contributed by atoms with Crippen molar-refractivity contribution in [2.75, 3.05) is 0 Å². The second kappa shape index (κ2) is 4.91. The standard InChI is InChI=1S/C8H7N.Mg.Zn/c1-2-4-8-7(3-1)5-6-9-8;;/h1-6,9H;;. The summed E-state index contributed by atoms with van der Waals surface area (Å²) in [5.74, 6) is 0. The molecule has 0 fully saturated rings. The number of benzene rings is 1. The number of aromatic nitrogens is 1. The predicted octanol–water partition coefficient (Wildman–Crippen LogP) is 1.78. The molecule has 2 aromatic rings. The normalized spacial score (nSPS) is 8.36. The number of rotatable bonds is 0. The molecule has 0 atom stereocenters. The molecule has 3 heteroatoms. The maximum absolute atomic E-state index is 3.12. The monoisotopic (exact) mass is 205 g/mol. The number of nitrogens with one attached hydrogen (secondary N) is 1. The van der Waals surface area contributed by atoms with Gasteiger partial charge >= 0.3 is 0 Å². The van der Waals surface area contributed by atoms with Crippen molar-refractivity contribution in [2.24, 2.45) is 0 Å². The quantitative estimate of drug-likeness (QED) is 0.633. The molecule has 0 aliphatic carbocycles. The Morgan fingerprint density at radius 1 is 1.00 bits per heavy atom. The van der Waals surface area contributed by atoms with E-state index in [0.29, 0.717) is 0 Å². The number of aromatic amines is 1. The van der Waals surface area contributed by atoms with Crippen LogP contribution >= 0.6 is 0 Å². The molecule has 0 saturated heterocycles. The predicted molar refractivity (Wildman–Crippen MR) is 44.1 cm³/mol. The summed E-state index contributed by atoms with van der Waals surface area (Å²) < 4.78 is 0. The van der Waals surface area contributed by atoms with E-state index < -0.39 is 0 Å². The van der Waals surface area contributed by atoms with Crippen LogP contribution in [0.3, 0.4) is 0 Å². The molecular weight excluding hydrogens is 200 g/mol. The molecule has 0 unspecified atom stereocenters. The van der Waals surface area contributed by atoms with Gasteiger partial charge in [-0.15, -0.1) is 0 Å². The summed E-state index contributed by atoms with van der Waals surface area (Å²) in [6.45, 7) is 0. The van der Waals surface area contributed by atoms with E-state index in [4.69, 9.17) is 0 Å². The van der Waals surface area contributed by atoms with Crippen molar-refractivity contribution < 1.29 is 19.5 Å². The minimum atomic E-state index is 0. The van der Waals surface area contributed by atoms with Crippen LogP contribution in [0.15, 0.2) is 36.5 Å². The van der Waals surface area contributed by atoms with Crippen LogP contribution in [-0.2, 0) is 19.5 Å². The Morgan fingerprint density at radius 2 is 1.73 bits per heavy atom. The van der Waals surface area contributed by atoms with Crippen molar-refractivity contribution in [3.63, 3.8) is 0 Å². The van der Waals surface area contributed by atoms with E-state index in [1.54, 1.807) is 0 Å². The maximum atomic E-state index is 3.12. The van der Waals surface area contributed by atoms with Crippen molar-refractivity contribution in [1.29, 1.82) is 0 Å². The Kier molecular flexibility index (Phi) is 4.98. The maximum Gasteiger partial charge on any atom is 0.0453 e. The second-order valence-corrected chi connectivity index (χ2v) is 2.06. The van der Waals surface area contributed by atoms with Crippen LogP contribution in [-0.4, -0.2) is 28.0 Å². The molecule has 1 aromatic heterocycles. The van der Waals surface area contributed by atoms with E-state index in [9.17, 15) is 0 Å². The Hall–Kier alpha value is 0.150. The van der Waals surface area contributed by atoms with E-state index in [-0.39, 0.29) is 42.5 Å². The van der Waals surface area contributed by atoms with E-state index in [2.05, 4.69) is 23.2 Å². The molecule has 48 valence electrons. The average Bonchev–Trinajstić information content (AvgIpc) is 2.33. The molecule has 2 rings (SSSR count). The van der Waals surface area contributed by atoms with Crippen molar-refractivity contribution >= 4 is 34.0 Å². The van der Waals surface area contributed by atoms with Gasteiger partial charge in [0.1, 0.15) is 0 Å². The Morgan fingerprint density at radius 3 is 2.45 bits per heavy atom. The number of hydrogen-bond acceptors (Lipinski definition) is 0. The molecule has 0 amide bonds. The second-order valence-electron chi connectivity index (χ2n) is 2.06. The molecule has 1 N–H and O–H groups in total. The number of fused-ring (bicyclic) bond motifs is 1. The zero-order valence-corrected chi connectivity index (χ0v) is 10.8. The van der Waals surface area contributed by atoms with Crippen LogP contribution < -0.4 is 0 Å². The summed E-state index contributed by atoms with van der Waals surface area (Å²) in [5, 5.41) is 1.28. The number of para-hydroxylation sites is 1. The van der Waals surface area contributed by atoms with E-state index in [1.807, 2.05) is 18.3 Å². The van der Waals surface area contributed by atoms with Crippen molar-refractivity contribution in [2.45, 2.75) is 0 Å².